The summed E-state index contributed by atoms with van der Waals surface area (Å²) >= 11 is 0. The van der Waals surface area contributed by atoms with Crippen LogP contribution < -0.4 is 20.1 Å². The van der Waals surface area contributed by atoms with Crippen LogP contribution >= 0.6 is 0 Å². The molecule has 1 saturated carbocycles. The van der Waals surface area contributed by atoms with Crippen LogP contribution in [-0.4, -0.2) is 18.6 Å². The first-order chi connectivity index (χ1) is 13.1. The highest BCUT2D eigenvalue weighted by Gasteiger charge is 2.47. The lowest BCUT2D eigenvalue weighted by Crippen LogP contribution is -2.27. The van der Waals surface area contributed by atoms with E-state index in [1.165, 1.54) is 0 Å². The van der Waals surface area contributed by atoms with E-state index in [4.69, 9.17) is 14.7 Å². The number of carbonyl (C=O) groups is 2. The summed E-state index contributed by atoms with van der Waals surface area (Å²) in [4.78, 5) is 24.6. The summed E-state index contributed by atoms with van der Waals surface area (Å²) in [5.74, 6) is 0.368. The van der Waals surface area contributed by atoms with Crippen LogP contribution in [0.1, 0.15) is 17.5 Å². The van der Waals surface area contributed by atoms with Crippen LogP contribution in [0.25, 0.3) is 0 Å². The molecule has 0 radical (unpaired) electrons. The van der Waals surface area contributed by atoms with Crippen LogP contribution in [-0.2, 0) is 16.1 Å². The largest absolute Gasteiger partial charge is 0.454 e. The zero-order valence-electron chi connectivity index (χ0n) is 14.4. The summed E-state index contributed by atoms with van der Waals surface area (Å²) in [5.41, 5.74) is 1.94. The number of carbonyl (C=O) groups excluding carboxylic acids is 2. The molecule has 7 heteroatoms. The average Bonchev–Trinajstić information content (AvgIpc) is 3.36. The SMILES string of the molecule is N#Cc1cccc(NC(=O)C2CC2C(=O)NCc2ccc3c(c2)OCO3)c1. The van der Waals surface area contributed by atoms with Gasteiger partial charge in [-0.05, 0) is 42.3 Å². The number of fused-ring (bicyclic) bond motifs is 1. The van der Waals surface area contributed by atoms with Gasteiger partial charge in [0.2, 0.25) is 18.6 Å². The van der Waals surface area contributed by atoms with Gasteiger partial charge in [-0.15, -0.1) is 0 Å². The van der Waals surface area contributed by atoms with E-state index in [1.54, 1.807) is 24.3 Å². The third-order valence-electron chi connectivity index (χ3n) is 4.63. The number of benzene rings is 2. The first-order valence-electron chi connectivity index (χ1n) is 8.61. The minimum absolute atomic E-state index is 0.140. The third-order valence-corrected chi connectivity index (χ3v) is 4.63. The molecule has 2 aromatic carbocycles. The highest BCUT2D eigenvalue weighted by molar-refractivity contribution is 5.99. The molecular weight excluding hydrogens is 346 g/mol. The van der Waals surface area contributed by atoms with Crippen molar-refractivity contribution in [2.75, 3.05) is 12.1 Å². The second-order valence-corrected chi connectivity index (χ2v) is 6.54. The van der Waals surface area contributed by atoms with E-state index >= 15 is 0 Å². The normalized spacial score (nSPS) is 19.1. The molecule has 0 saturated heterocycles. The Morgan fingerprint density at radius 3 is 2.74 bits per heavy atom. The fraction of sp³-hybridized carbons (Fsp3) is 0.250. The molecule has 0 spiro atoms. The molecule has 2 unspecified atom stereocenters. The van der Waals surface area contributed by atoms with Gasteiger partial charge in [-0.3, -0.25) is 9.59 Å². The van der Waals surface area contributed by atoms with Crippen molar-refractivity contribution < 1.29 is 19.1 Å². The number of nitriles is 1. The summed E-state index contributed by atoms with van der Waals surface area (Å²) < 4.78 is 10.6. The Morgan fingerprint density at radius 2 is 1.89 bits per heavy atom. The summed E-state index contributed by atoms with van der Waals surface area (Å²) in [7, 11) is 0. The monoisotopic (exact) mass is 363 g/mol. The average molecular weight is 363 g/mol. The first-order valence-corrected chi connectivity index (χ1v) is 8.61. The van der Waals surface area contributed by atoms with Crippen molar-refractivity contribution in [1.29, 1.82) is 5.26 Å². The topological polar surface area (TPSA) is 100 Å². The van der Waals surface area contributed by atoms with Gasteiger partial charge in [0.25, 0.3) is 0 Å². The molecule has 4 rings (SSSR count). The van der Waals surface area contributed by atoms with Gasteiger partial charge in [0.15, 0.2) is 11.5 Å². The summed E-state index contributed by atoms with van der Waals surface area (Å²) in [6.07, 6.45) is 0.525. The van der Waals surface area contributed by atoms with E-state index in [2.05, 4.69) is 10.6 Å². The summed E-state index contributed by atoms with van der Waals surface area (Å²) in [6.45, 7) is 0.575. The standard InChI is InChI=1S/C20H17N3O4/c21-9-12-2-1-3-14(6-12)23-20(25)16-8-15(16)19(24)22-10-13-4-5-17-18(7-13)27-11-26-17/h1-7,15-16H,8,10-11H2,(H,22,24)(H,23,25). The number of rotatable bonds is 5. The Kier molecular flexibility index (Phi) is 4.38. The van der Waals surface area contributed by atoms with Crippen molar-refractivity contribution in [1.82, 2.24) is 5.32 Å². The van der Waals surface area contributed by atoms with Crippen molar-refractivity contribution in [2.24, 2.45) is 11.8 Å². The Labute approximate surface area is 155 Å². The van der Waals surface area contributed by atoms with Crippen LogP contribution in [0.3, 0.4) is 0 Å². The van der Waals surface area contributed by atoms with Crippen LogP contribution in [0, 0.1) is 23.2 Å². The molecule has 1 fully saturated rings. The Bertz CT molecular complexity index is 950. The lowest BCUT2D eigenvalue weighted by atomic mass is 10.2. The quantitative estimate of drug-likeness (QED) is 0.848. The van der Waals surface area contributed by atoms with Gasteiger partial charge in [0, 0.05) is 12.2 Å². The molecule has 2 atom stereocenters. The van der Waals surface area contributed by atoms with E-state index in [0.29, 0.717) is 35.7 Å². The van der Waals surface area contributed by atoms with E-state index in [0.717, 1.165) is 5.56 Å². The van der Waals surface area contributed by atoms with Crippen LogP contribution in [0.15, 0.2) is 42.5 Å². The van der Waals surface area contributed by atoms with Gasteiger partial charge in [-0.25, -0.2) is 0 Å². The molecule has 2 amide bonds. The molecule has 2 aliphatic rings. The number of hydrogen-bond donors (Lipinski definition) is 2. The predicted molar refractivity (Wildman–Crippen MR) is 95.8 cm³/mol. The maximum Gasteiger partial charge on any atom is 0.231 e. The number of hydrogen-bond acceptors (Lipinski definition) is 5. The molecule has 1 aliphatic carbocycles. The van der Waals surface area contributed by atoms with Crippen molar-refractivity contribution >= 4 is 17.5 Å². The maximum absolute atomic E-state index is 12.3. The molecule has 2 aromatic rings. The Balaban J connectivity index is 1.28. The minimum atomic E-state index is -0.340. The van der Waals surface area contributed by atoms with Crippen LogP contribution in [0.5, 0.6) is 11.5 Å². The smallest absolute Gasteiger partial charge is 0.231 e. The number of anilines is 1. The van der Waals surface area contributed by atoms with Crippen molar-refractivity contribution in [3.05, 3.63) is 53.6 Å². The third kappa shape index (κ3) is 3.70. The molecule has 0 bridgehead atoms. The zero-order chi connectivity index (χ0) is 18.8. The van der Waals surface area contributed by atoms with Crippen molar-refractivity contribution in [2.45, 2.75) is 13.0 Å². The van der Waals surface area contributed by atoms with E-state index in [9.17, 15) is 9.59 Å². The van der Waals surface area contributed by atoms with Gasteiger partial charge in [0.05, 0.1) is 23.5 Å². The lowest BCUT2D eigenvalue weighted by Gasteiger charge is -2.07. The van der Waals surface area contributed by atoms with E-state index in [-0.39, 0.29) is 30.4 Å². The van der Waals surface area contributed by atoms with Gasteiger partial charge in [-0.1, -0.05) is 12.1 Å². The van der Waals surface area contributed by atoms with Crippen LogP contribution in [0.2, 0.25) is 0 Å². The Hall–Kier alpha value is -3.53. The number of nitrogens with zero attached hydrogens (tertiary/aromatic N) is 1. The molecule has 7 nitrogen and oxygen atoms in total. The molecule has 1 aliphatic heterocycles. The first kappa shape index (κ1) is 16.9. The van der Waals surface area contributed by atoms with Gasteiger partial charge < -0.3 is 20.1 Å². The van der Waals surface area contributed by atoms with Crippen molar-refractivity contribution in [3.8, 4) is 17.6 Å². The van der Waals surface area contributed by atoms with Gasteiger partial charge >= 0.3 is 0 Å². The number of nitrogens with one attached hydrogen (secondary N) is 2. The second-order valence-electron chi connectivity index (χ2n) is 6.54. The molecule has 136 valence electrons. The summed E-state index contributed by atoms with van der Waals surface area (Å²) in [6, 6.07) is 14.2. The maximum atomic E-state index is 12.3. The van der Waals surface area contributed by atoms with Gasteiger partial charge in [-0.2, -0.15) is 5.26 Å². The van der Waals surface area contributed by atoms with Gasteiger partial charge in [0.1, 0.15) is 0 Å². The molecule has 1 heterocycles. The fourth-order valence-electron chi connectivity index (χ4n) is 3.05. The Morgan fingerprint density at radius 1 is 1.07 bits per heavy atom. The minimum Gasteiger partial charge on any atom is -0.454 e. The predicted octanol–water partition coefficient (Wildman–Crippen LogP) is 2.18. The zero-order valence-corrected chi connectivity index (χ0v) is 14.4. The highest BCUT2D eigenvalue weighted by Crippen LogP contribution is 2.39. The number of ether oxygens (including phenoxy) is 2. The molecule has 27 heavy (non-hydrogen) atoms. The molecular formula is C20H17N3O4. The lowest BCUT2D eigenvalue weighted by molar-refractivity contribution is -0.125. The second kappa shape index (κ2) is 7.00. The molecule has 2 N–H and O–H groups in total. The van der Waals surface area contributed by atoms with E-state index in [1.807, 2.05) is 24.3 Å². The number of amides is 2. The van der Waals surface area contributed by atoms with E-state index < -0.39 is 0 Å². The highest BCUT2D eigenvalue weighted by atomic mass is 16.7. The van der Waals surface area contributed by atoms with Crippen LogP contribution in [0.4, 0.5) is 5.69 Å². The van der Waals surface area contributed by atoms with Crippen molar-refractivity contribution in [3.63, 3.8) is 0 Å². The fourth-order valence-corrected chi connectivity index (χ4v) is 3.05. The molecule has 0 aromatic heterocycles. The summed E-state index contributed by atoms with van der Waals surface area (Å²) in [5, 5.41) is 14.5.